The molecule has 9 rings (SSSR count). The molecule has 2 aromatic heterocycles. The number of aromatic nitrogens is 4. The van der Waals surface area contributed by atoms with Crippen LogP contribution in [-0.4, -0.2) is 75.0 Å². The van der Waals surface area contributed by atoms with Crippen molar-refractivity contribution in [1.82, 2.24) is 24.4 Å². The Hall–Kier alpha value is -5.08. The van der Waals surface area contributed by atoms with E-state index in [2.05, 4.69) is 79.2 Å². The van der Waals surface area contributed by atoms with Crippen LogP contribution in [0, 0.1) is 11.6 Å². The molecule has 294 valence electrons. The molecule has 0 aliphatic carbocycles. The van der Waals surface area contributed by atoms with E-state index in [1.807, 2.05) is 30.6 Å². The lowest BCUT2D eigenvalue weighted by Crippen LogP contribution is -2.51. The van der Waals surface area contributed by atoms with Crippen LogP contribution >= 0.6 is 15.9 Å². The van der Waals surface area contributed by atoms with Gasteiger partial charge in [0.2, 0.25) is 17.8 Å². The number of piperidine rings is 2. The number of imide groups is 1. The number of benzene rings is 3. The van der Waals surface area contributed by atoms with Gasteiger partial charge in [0.25, 0.3) is 5.56 Å². The number of nitrogens with zero attached hydrogens (tertiary/aromatic N) is 8. The second-order valence-corrected chi connectivity index (χ2v) is 17.1. The molecule has 5 aromatic rings. The summed E-state index contributed by atoms with van der Waals surface area (Å²) in [4.78, 5) is 59.4. The predicted molar refractivity (Wildman–Crippen MR) is 218 cm³/mol. The van der Waals surface area contributed by atoms with Crippen LogP contribution in [0.5, 0.6) is 0 Å². The maximum atomic E-state index is 15.2. The van der Waals surface area contributed by atoms with Crippen LogP contribution in [0.15, 0.2) is 70.2 Å². The van der Waals surface area contributed by atoms with Crippen molar-refractivity contribution < 1.29 is 18.4 Å². The first-order valence-corrected chi connectivity index (χ1v) is 20.4. The molecule has 4 aliphatic rings. The van der Waals surface area contributed by atoms with Gasteiger partial charge in [-0.25, -0.2) is 23.6 Å². The lowest BCUT2D eigenvalue weighted by Gasteiger charge is -2.41. The normalized spacial score (nSPS) is 20.0. The third kappa shape index (κ3) is 6.50. The fourth-order valence-corrected chi connectivity index (χ4v) is 9.81. The molecular weight excluding hydrogens is 794 g/mol. The Bertz CT molecular complexity index is 2460. The standard InChI is InChI=1S/C43H43BrF2N8O3/c1-25-23-50(16-17-52(25)29-10-11-30-35(20-29)53-34-7-4-6-31(44)38(34)40(57)49-41(53)43(30,2)3)24-26-21-47-42(48-22-26)51-14-12-27(13-15-51)28-18-32(45)39(33(46)19-28)54-36(55)8-5-9-37(54)56/h4,6-7,10-11,18-22,25,27H,5,8-9,12-17,23-24H2,1-3H3/t25-/m1/s1. The zero-order chi connectivity index (χ0) is 39.7. The van der Waals surface area contributed by atoms with E-state index in [4.69, 9.17) is 9.97 Å². The molecule has 3 aromatic carbocycles. The molecule has 4 aliphatic heterocycles. The molecule has 3 saturated heterocycles. The average molecular weight is 838 g/mol. The van der Waals surface area contributed by atoms with Gasteiger partial charge >= 0.3 is 0 Å². The number of carbonyl (C=O) groups excluding carboxylic acids is 2. The van der Waals surface area contributed by atoms with Crippen LogP contribution < -0.4 is 20.3 Å². The minimum absolute atomic E-state index is 0.0726. The van der Waals surface area contributed by atoms with E-state index < -0.39 is 34.6 Å². The second kappa shape index (κ2) is 14.4. The van der Waals surface area contributed by atoms with Crippen molar-refractivity contribution in [3.63, 3.8) is 0 Å². The van der Waals surface area contributed by atoms with Crippen molar-refractivity contribution >= 4 is 56.0 Å². The number of carbonyl (C=O) groups is 2. The number of hydrogen-bond acceptors (Lipinski definition) is 9. The van der Waals surface area contributed by atoms with Gasteiger partial charge < -0.3 is 9.80 Å². The minimum atomic E-state index is -0.885. The van der Waals surface area contributed by atoms with Crippen molar-refractivity contribution in [2.45, 2.75) is 76.8 Å². The van der Waals surface area contributed by atoms with Gasteiger partial charge in [0.1, 0.15) is 11.5 Å². The smallest absolute Gasteiger partial charge is 0.281 e. The zero-order valence-electron chi connectivity index (χ0n) is 32.1. The average Bonchev–Trinajstić information content (AvgIpc) is 3.41. The summed E-state index contributed by atoms with van der Waals surface area (Å²) in [6, 6.07) is 15.3. The number of halogens is 3. The Labute approximate surface area is 337 Å². The van der Waals surface area contributed by atoms with Gasteiger partial charge in [0, 0.05) is 86.3 Å². The highest BCUT2D eigenvalue weighted by Crippen LogP contribution is 2.45. The van der Waals surface area contributed by atoms with E-state index in [0.29, 0.717) is 54.1 Å². The first-order valence-electron chi connectivity index (χ1n) is 19.7. The molecule has 0 bridgehead atoms. The molecule has 2 amide bonds. The number of anilines is 3. The van der Waals surface area contributed by atoms with Crippen LogP contribution in [0.1, 0.15) is 81.3 Å². The fraction of sp³-hybridized carbons (Fsp3) is 0.395. The van der Waals surface area contributed by atoms with Gasteiger partial charge in [-0.1, -0.05) is 12.1 Å². The Morgan fingerprint density at radius 2 is 1.60 bits per heavy atom. The summed E-state index contributed by atoms with van der Waals surface area (Å²) >= 11 is 3.58. The Morgan fingerprint density at radius 1 is 0.895 bits per heavy atom. The number of fused-ring (bicyclic) bond motifs is 5. The molecule has 0 radical (unpaired) electrons. The van der Waals surface area contributed by atoms with Crippen molar-refractivity contribution in [3.8, 4) is 5.69 Å². The Morgan fingerprint density at radius 3 is 2.28 bits per heavy atom. The van der Waals surface area contributed by atoms with Gasteiger partial charge in [-0.2, -0.15) is 4.98 Å². The molecule has 0 unspecified atom stereocenters. The SMILES string of the molecule is C[C@@H]1CN(Cc2cnc(N3CCC(c4cc(F)c(N5C(=O)CCCC5=O)c(F)c4)CC3)nc2)CCN1c1ccc2c(c1)-n1c(nc(=O)c3c(Br)cccc31)C2(C)C. The molecule has 11 nitrogen and oxygen atoms in total. The van der Waals surface area contributed by atoms with Gasteiger partial charge in [-0.3, -0.25) is 23.9 Å². The summed E-state index contributed by atoms with van der Waals surface area (Å²) in [5.41, 5.74) is 4.54. The second-order valence-electron chi connectivity index (χ2n) is 16.3. The van der Waals surface area contributed by atoms with E-state index in [0.717, 1.165) is 64.5 Å². The minimum Gasteiger partial charge on any atom is -0.366 e. The highest BCUT2D eigenvalue weighted by Gasteiger charge is 2.40. The highest BCUT2D eigenvalue weighted by molar-refractivity contribution is 9.10. The number of amides is 2. The summed E-state index contributed by atoms with van der Waals surface area (Å²) in [6.45, 7) is 11.1. The number of piperazine rings is 1. The maximum Gasteiger partial charge on any atom is 0.281 e. The van der Waals surface area contributed by atoms with Crippen LogP contribution in [0.3, 0.4) is 0 Å². The fourth-order valence-electron chi connectivity index (χ4n) is 9.28. The number of rotatable bonds is 6. The summed E-state index contributed by atoms with van der Waals surface area (Å²) in [5, 5.41) is 0.585. The maximum absolute atomic E-state index is 15.2. The van der Waals surface area contributed by atoms with Gasteiger partial charge in [-0.15, -0.1) is 0 Å². The topological polar surface area (TPSA) is 108 Å². The van der Waals surface area contributed by atoms with E-state index in [1.165, 1.54) is 12.1 Å². The predicted octanol–water partition coefficient (Wildman–Crippen LogP) is 6.99. The molecule has 14 heteroatoms. The van der Waals surface area contributed by atoms with Crippen LogP contribution in [0.2, 0.25) is 0 Å². The third-order valence-electron chi connectivity index (χ3n) is 12.3. The first kappa shape index (κ1) is 37.5. The van der Waals surface area contributed by atoms with E-state index >= 15 is 8.78 Å². The molecular formula is C43H43BrF2N8O3. The first-order chi connectivity index (χ1) is 27.4. The quantitative estimate of drug-likeness (QED) is 0.167. The molecule has 1 atom stereocenters. The molecule has 0 saturated carbocycles. The molecule has 3 fully saturated rings. The van der Waals surface area contributed by atoms with Crippen LogP contribution in [-0.2, 0) is 21.5 Å². The van der Waals surface area contributed by atoms with Crippen LogP contribution in [0.4, 0.5) is 26.1 Å². The molecule has 57 heavy (non-hydrogen) atoms. The van der Waals surface area contributed by atoms with E-state index in [9.17, 15) is 14.4 Å². The van der Waals surface area contributed by atoms with Crippen molar-refractivity contribution in [2.75, 3.05) is 47.4 Å². The van der Waals surface area contributed by atoms with E-state index in [-0.39, 0.29) is 30.4 Å². The third-order valence-corrected chi connectivity index (χ3v) is 12.9. The monoisotopic (exact) mass is 836 g/mol. The lowest BCUT2D eigenvalue weighted by molar-refractivity contribution is -0.129. The van der Waals surface area contributed by atoms with Gasteiger partial charge in [-0.05, 0) is 109 Å². The van der Waals surface area contributed by atoms with Gasteiger partial charge in [0.05, 0.1) is 22.0 Å². The van der Waals surface area contributed by atoms with Crippen LogP contribution in [0.25, 0.3) is 16.6 Å². The molecule has 6 heterocycles. The lowest BCUT2D eigenvalue weighted by atomic mass is 9.85. The summed E-state index contributed by atoms with van der Waals surface area (Å²) in [6.07, 6.45) is 5.68. The van der Waals surface area contributed by atoms with Gasteiger partial charge in [0.15, 0.2) is 11.6 Å². The Kier molecular flexibility index (Phi) is 9.46. The largest absolute Gasteiger partial charge is 0.366 e. The van der Waals surface area contributed by atoms with Crippen molar-refractivity contribution in [2.24, 2.45) is 0 Å². The zero-order valence-corrected chi connectivity index (χ0v) is 33.7. The summed E-state index contributed by atoms with van der Waals surface area (Å²) in [7, 11) is 0. The summed E-state index contributed by atoms with van der Waals surface area (Å²) < 4.78 is 33.3. The molecule has 0 N–H and O–H groups in total. The van der Waals surface area contributed by atoms with E-state index in [1.54, 1.807) is 0 Å². The molecule has 0 spiro atoms. The number of hydrogen-bond donors (Lipinski definition) is 0. The van der Waals surface area contributed by atoms with Crippen molar-refractivity contribution in [1.29, 1.82) is 0 Å². The van der Waals surface area contributed by atoms with Crippen molar-refractivity contribution in [3.05, 3.63) is 110 Å². The Balaban J connectivity index is 0.830. The summed E-state index contributed by atoms with van der Waals surface area (Å²) in [5.74, 6) is -1.60. The highest BCUT2D eigenvalue weighted by atomic mass is 79.9.